The number of carbonyl (C=O) groups is 1. The third-order valence-corrected chi connectivity index (χ3v) is 5.41. The Balaban J connectivity index is 1.13. The van der Waals surface area contributed by atoms with E-state index in [1.807, 2.05) is 18.2 Å². The summed E-state index contributed by atoms with van der Waals surface area (Å²) in [5.41, 5.74) is 1.48. The molecule has 1 atom stereocenters. The second-order valence-electron chi connectivity index (χ2n) is 7.99. The molecule has 1 saturated heterocycles. The van der Waals surface area contributed by atoms with Crippen LogP contribution >= 0.6 is 0 Å². The zero-order valence-electron chi connectivity index (χ0n) is 17.4. The van der Waals surface area contributed by atoms with E-state index in [1.54, 1.807) is 6.07 Å². The highest BCUT2D eigenvalue weighted by Gasteiger charge is 2.17. The first-order valence-corrected chi connectivity index (χ1v) is 10.6. The Bertz CT molecular complexity index is 853. The summed E-state index contributed by atoms with van der Waals surface area (Å²) in [6.07, 6.45) is 3.56. The Morgan fingerprint density at radius 2 is 2.20 bits per heavy atom. The summed E-state index contributed by atoms with van der Waals surface area (Å²) in [7, 11) is 0. The largest absolute Gasteiger partial charge is 0.454 e. The number of benzene rings is 1. The first kappa shape index (κ1) is 20.7. The van der Waals surface area contributed by atoms with Crippen LogP contribution in [-0.4, -0.2) is 55.5 Å². The van der Waals surface area contributed by atoms with Crippen molar-refractivity contribution in [3.05, 3.63) is 30.0 Å². The predicted molar refractivity (Wildman–Crippen MR) is 110 cm³/mol. The van der Waals surface area contributed by atoms with Crippen LogP contribution in [0.4, 0.5) is 0 Å². The van der Waals surface area contributed by atoms with Gasteiger partial charge in [-0.05, 0) is 56.5 Å². The van der Waals surface area contributed by atoms with Crippen LogP contribution in [0.5, 0.6) is 11.5 Å². The Kier molecular flexibility index (Phi) is 6.86. The molecule has 1 aromatic carbocycles. The molecule has 0 radical (unpaired) electrons. The van der Waals surface area contributed by atoms with Crippen molar-refractivity contribution < 1.29 is 23.5 Å². The van der Waals surface area contributed by atoms with Crippen LogP contribution in [0.25, 0.3) is 11.3 Å². The smallest absolute Gasteiger partial charge is 0.246 e. The van der Waals surface area contributed by atoms with E-state index in [4.69, 9.17) is 18.7 Å². The maximum atomic E-state index is 12.0. The minimum absolute atomic E-state index is 0.00691. The van der Waals surface area contributed by atoms with Crippen molar-refractivity contribution in [3.63, 3.8) is 0 Å². The topological polar surface area (TPSA) is 86.1 Å². The number of hydrogen-bond acceptors (Lipinski definition) is 7. The van der Waals surface area contributed by atoms with Crippen LogP contribution in [0, 0.1) is 5.92 Å². The van der Waals surface area contributed by atoms with Crippen LogP contribution in [-0.2, 0) is 16.1 Å². The minimum Gasteiger partial charge on any atom is -0.454 e. The van der Waals surface area contributed by atoms with Crippen molar-refractivity contribution in [2.45, 2.75) is 32.8 Å². The fraction of sp³-hybridized carbons (Fsp3) is 0.545. The molecule has 1 amide bonds. The number of likely N-dealkylation sites (tertiary alicyclic amines) is 1. The van der Waals surface area contributed by atoms with Gasteiger partial charge in [0, 0.05) is 24.7 Å². The fourth-order valence-corrected chi connectivity index (χ4v) is 3.89. The first-order valence-electron chi connectivity index (χ1n) is 10.6. The van der Waals surface area contributed by atoms with E-state index in [0.29, 0.717) is 23.7 Å². The number of fused-ring (bicyclic) bond motifs is 1. The molecule has 1 fully saturated rings. The van der Waals surface area contributed by atoms with Gasteiger partial charge in [0.1, 0.15) is 12.3 Å². The number of hydrogen-bond donors (Lipinski definition) is 1. The molecule has 8 heteroatoms. The van der Waals surface area contributed by atoms with Crippen LogP contribution in [0.3, 0.4) is 0 Å². The summed E-state index contributed by atoms with van der Waals surface area (Å²) < 4.78 is 21.6. The van der Waals surface area contributed by atoms with Crippen molar-refractivity contribution in [1.82, 2.24) is 15.4 Å². The van der Waals surface area contributed by atoms with Crippen molar-refractivity contribution in [2.75, 3.05) is 39.6 Å². The molecule has 0 spiro atoms. The quantitative estimate of drug-likeness (QED) is 0.630. The summed E-state index contributed by atoms with van der Waals surface area (Å²) >= 11 is 0. The molecule has 2 aliphatic rings. The van der Waals surface area contributed by atoms with Crippen molar-refractivity contribution in [1.29, 1.82) is 0 Å². The first-order chi connectivity index (χ1) is 14.7. The van der Waals surface area contributed by atoms with E-state index in [1.165, 1.54) is 25.9 Å². The van der Waals surface area contributed by atoms with Crippen molar-refractivity contribution in [3.8, 4) is 22.8 Å². The van der Waals surface area contributed by atoms with Gasteiger partial charge < -0.3 is 29.0 Å². The van der Waals surface area contributed by atoms with Gasteiger partial charge in [0.25, 0.3) is 0 Å². The number of aromatic nitrogens is 1. The lowest BCUT2D eigenvalue weighted by molar-refractivity contribution is -0.126. The molecule has 1 N–H and O–H groups in total. The summed E-state index contributed by atoms with van der Waals surface area (Å²) in [4.78, 5) is 14.4. The fourth-order valence-electron chi connectivity index (χ4n) is 3.89. The van der Waals surface area contributed by atoms with E-state index in [9.17, 15) is 4.79 Å². The molecule has 162 valence electrons. The molecule has 30 heavy (non-hydrogen) atoms. The second-order valence-corrected chi connectivity index (χ2v) is 7.99. The SMILES string of the molecule is CC1CCCN(CCCNC(=O)COCc2cc(-c3ccc4c(c3)OCO4)on2)C1. The number of nitrogens with zero attached hydrogens (tertiary/aromatic N) is 2. The monoisotopic (exact) mass is 415 g/mol. The van der Waals surface area contributed by atoms with E-state index < -0.39 is 0 Å². The number of rotatable bonds is 9. The van der Waals surface area contributed by atoms with Crippen LogP contribution < -0.4 is 14.8 Å². The molecule has 1 aromatic heterocycles. The standard InChI is InChI=1S/C22H29N3O5/c1-16-4-2-8-25(12-16)9-3-7-23-22(26)14-27-13-18-11-20(30-24-18)17-5-6-19-21(10-17)29-15-28-19/h5-6,10-11,16H,2-4,7-9,12-15H2,1H3,(H,23,26). The molecule has 1 unspecified atom stereocenters. The van der Waals surface area contributed by atoms with Gasteiger partial charge in [0.2, 0.25) is 12.7 Å². The Morgan fingerprint density at radius 3 is 3.10 bits per heavy atom. The molecule has 8 nitrogen and oxygen atoms in total. The maximum Gasteiger partial charge on any atom is 0.246 e. The number of ether oxygens (including phenoxy) is 3. The molecule has 2 aliphatic heterocycles. The summed E-state index contributed by atoms with van der Waals surface area (Å²) in [5, 5.41) is 6.92. The average molecular weight is 415 g/mol. The highest BCUT2D eigenvalue weighted by atomic mass is 16.7. The molecule has 4 rings (SSSR count). The zero-order chi connectivity index (χ0) is 20.8. The van der Waals surface area contributed by atoms with Gasteiger partial charge in [0.05, 0.1) is 6.61 Å². The lowest BCUT2D eigenvalue weighted by atomic mass is 10.0. The van der Waals surface area contributed by atoms with Gasteiger partial charge in [-0.15, -0.1) is 0 Å². The molecule has 0 saturated carbocycles. The zero-order valence-corrected chi connectivity index (χ0v) is 17.4. The number of amides is 1. The molecule has 0 aliphatic carbocycles. The summed E-state index contributed by atoms with van der Waals surface area (Å²) in [5.74, 6) is 2.69. The number of nitrogens with one attached hydrogen (secondary N) is 1. The van der Waals surface area contributed by atoms with Crippen molar-refractivity contribution >= 4 is 5.91 Å². The molecular formula is C22H29N3O5. The van der Waals surface area contributed by atoms with E-state index in [-0.39, 0.29) is 25.9 Å². The highest BCUT2D eigenvalue weighted by Crippen LogP contribution is 2.36. The number of carbonyl (C=O) groups excluding carboxylic acids is 1. The average Bonchev–Trinajstić information content (AvgIpc) is 3.40. The van der Waals surface area contributed by atoms with Crippen LogP contribution in [0.1, 0.15) is 31.9 Å². The Hall–Kier alpha value is -2.58. The van der Waals surface area contributed by atoms with Gasteiger partial charge in [-0.2, -0.15) is 0 Å². The molecular weight excluding hydrogens is 386 g/mol. The van der Waals surface area contributed by atoms with Gasteiger partial charge in [-0.1, -0.05) is 12.1 Å². The van der Waals surface area contributed by atoms with Gasteiger partial charge in [-0.25, -0.2) is 0 Å². The minimum atomic E-state index is -0.110. The second kappa shape index (κ2) is 9.95. The van der Waals surface area contributed by atoms with Crippen LogP contribution in [0.2, 0.25) is 0 Å². The summed E-state index contributed by atoms with van der Waals surface area (Å²) in [6.45, 7) is 6.81. The van der Waals surface area contributed by atoms with E-state index in [0.717, 1.165) is 30.2 Å². The Labute approximate surface area is 176 Å². The highest BCUT2D eigenvalue weighted by molar-refractivity contribution is 5.77. The van der Waals surface area contributed by atoms with Gasteiger partial charge in [0.15, 0.2) is 17.3 Å². The lowest BCUT2D eigenvalue weighted by Gasteiger charge is -2.30. The van der Waals surface area contributed by atoms with Gasteiger partial charge >= 0.3 is 0 Å². The Morgan fingerprint density at radius 1 is 1.30 bits per heavy atom. The lowest BCUT2D eigenvalue weighted by Crippen LogP contribution is -2.37. The normalized spacial score (nSPS) is 18.5. The van der Waals surface area contributed by atoms with E-state index in [2.05, 4.69) is 22.3 Å². The van der Waals surface area contributed by atoms with Crippen LogP contribution in [0.15, 0.2) is 28.8 Å². The molecule has 3 heterocycles. The molecule has 0 bridgehead atoms. The third kappa shape index (κ3) is 5.52. The summed E-state index contributed by atoms with van der Waals surface area (Å²) in [6, 6.07) is 7.38. The maximum absolute atomic E-state index is 12.0. The van der Waals surface area contributed by atoms with Gasteiger partial charge in [-0.3, -0.25) is 4.79 Å². The predicted octanol–water partition coefficient (Wildman–Crippen LogP) is 2.83. The van der Waals surface area contributed by atoms with Crippen molar-refractivity contribution in [2.24, 2.45) is 5.92 Å². The number of piperidine rings is 1. The molecule has 2 aromatic rings. The third-order valence-electron chi connectivity index (χ3n) is 5.41. The van der Waals surface area contributed by atoms with E-state index >= 15 is 0 Å².